The summed E-state index contributed by atoms with van der Waals surface area (Å²) in [5.41, 5.74) is -6.37. The van der Waals surface area contributed by atoms with Crippen molar-refractivity contribution in [3.05, 3.63) is 52.6 Å². The SMILES string of the molecule is O=[N+]([O-])C1([N+](=O)[O-])C=CC(Cl)C([N+](=O)[O-])([N+](=O)[O-])C1. The molecule has 13 heteroatoms. The van der Waals surface area contributed by atoms with Crippen molar-refractivity contribution >= 4 is 11.6 Å². The molecule has 0 aromatic rings. The number of rotatable bonds is 4. The number of nitro groups is 4. The second-order valence-electron chi connectivity index (χ2n) is 3.72. The minimum absolute atomic E-state index is 0.427. The van der Waals surface area contributed by atoms with Gasteiger partial charge in [-0.05, 0) is 6.08 Å². The zero-order chi connectivity index (χ0) is 15.0. The number of alkyl halides is 1. The van der Waals surface area contributed by atoms with E-state index in [0.29, 0.717) is 12.2 Å². The van der Waals surface area contributed by atoms with Crippen LogP contribution in [0, 0.1) is 40.5 Å². The fraction of sp³-hybridized carbons (Fsp3) is 0.667. The number of nitrogens with zero attached hydrogens (tertiary/aromatic N) is 4. The van der Waals surface area contributed by atoms with Gasteiger partial charge in [0.05, 0.1) is 6.08 Å². The van der Waals surface area contributed by atoms with Gasteiger partial charge in [0.25, 0.3) is 0 Å². The average molecular weight is 297 g/mol. The van der Waals surface area contributed by atoms with Crippen molar-refractivity contribution in [3.63, 3.8) is 0 Å². The van der Waals surface area contributed by atoms with Gasteiger partial charge in [-0.2, -0.15) is 0 Å². The molecule has 1 aliphatic carbocycles. The Morgan fingerprint density at radius 2 is 1.37 bits per heavy atom. The lowest BCUT2D eigenvalue weighted by Crippen LogP contribution is -2.63. The van der Waals surface area contributed by atoms with E-state index in [1.54, 1.807) is 0 Å². The van der Waals surface area contributed by atoms with Gasteiger partial charge in [0.1, 0.15) is 19.7 Å². The summed E-state index contributed by atoms with van der Waals surface area (Å²) < 4.78 is 0. The molecule has 1 atom stereocenters. The highest BCUT2D eigenvalue weighted by Gasteiger charge is 2.76. The minimum Gasteiger partial charge on any atom is -0.258 e. The predicted molar refractivity (Wildman–Crippen MR) is 56.8 cm³/mol. The fourth-order valence-corrected chi connectivity index (χ4v) is 1.96. The van der Waals surface area contributed by atoms with Crippen molar-refractivity contribution in [3.8, 4) is 0 Å². The average Bonchev–Trinajstić information content (AvgIpc) is 2.28. The third-order valence-corrected chi connectivity index (χ3v) is 3.25. The molecule has 104 valence electrons. The van der Waals surface area contributed by atoms with Gasteiger partial charge in [-0.15, -0.1) is 11.6 Å². The first kappa shape index (κ1) is 14.7. The molecular formula is C6H5ClN4O8. The summed E-state index contributed by atoms with van der Waals surface area (Å²) in [6.45, 7) is 0. The van der Waals surface area contributed by atoms with Gasteiger partial charge in [0.15, 0.2) is 5.38 Å². The molecule has 0 aliphatic heterocycles. The van der Waals surface area contributed by atoms with Crippen LogP contribution >= 0.6 is 11.6 Å². The van der Waals surface area contributed by atoms with Crippen LogP contribution in [-0.2, 0) is 0 Å². The summed E-state index contributed by atoms with van der Waals surface area (Å²) in [4.78, 5) is 37.5. The van der Waals surface area contributed by atoms with Crippen LogP contribution in [0.15, 0.2) is 12.2 Å². The standard InChI is InChI=1S/C6H5ClN4O8/c7-4-1-2-5(8(12)13,9(14)15)3-6(4,10(16)17)11(18)19/h1-2,4H,3H2. The number of hydrogen-bond donors (Lipinski definition) is 0. The van der Waals surface area contributed by atoms with Gasteiger partial charge in [-0.1, -0.05) is 0 Å². The summed E-state index contributed by atoms with van der Waals surface area (Å²) in [5, 5.41) is 41.4. The van der Waals surface area contributed by atoms with E-state index < -0.39 is 42.8 Å². The zero-order valence-electron chi connectivity index (χ0n) is 8.87. The van der Waals surface area contributed by atoms with Crippen molar-refractivity contribution in [2.45, 2.75) is 23.1 Å². The van der Waals surface area contributed by atoms with E-state index in [-0.39, 0.29) is 0 Å². The van der Waals surface area contributed by atoms with Gasteiger partial charge < -0.3 is 0 Å². The maximum absolute atomic E-state index is 10.9. The van der Waals surface area contributed by atoms with Crippen LogP contribution < -0.4 is 0 Å². The quantitative estimate of drug-likeness (QED) is 0.230. The molecule has 0 saturated carbocycles. The maximum Gasteiger partial charge on any atom is 0.492 e. The molecule has 0 aromatic carbocycles. The molecule has 0 fully saturated rings. The molecule has 19 heavy (non-hydrogen) atoms. The van der Waals surface area contributed by atoms with E-state index in [1.807, 2.05) is 0 Å². The van der Waals surface area contributed by atoms with Crippen LogP contribution in [0.4, 0.5) is 0 Å². The molecule has 1 unspecified atom stereocenters. The summed E-state index contributed by atoms with van der Waals surface area (Å²) in [6.07, 6.45) is -0.622. The summed E-state index contributed by atoms with van der Waals surface area (Å²) >= 11 is 5.45. The second kappa shape index (κ2) is 4.38. The zero-order valence-corrected chi connectivity index (χ0v) is 9.63. The Balaban J connectivity index is 3.52. The van der Waals surface area contributed by atoms with E-state index in [4.69, 9.17) is 11.6 Å². The Kier molecular flexibility index (Phi) is 3.39. The largest absolute Gasteiger partial charge is 0.492 e. The highest BCUT2D eigenvalue weighted by molar-refractivity contribution is 6.22. The van der Waals surface area contributed by atoms with Crippen molar-refractivity contribution in [1.82, 2.24) is 0 Å². The van der Waals surface area contributed by atoms with E-state index in [2.05, 4.69) is 0 Å². The second-order valence-corrected chi connectivity index (χ2v) is 4.19. The molecule has 0 amide bonds. The summed E-state index contributed by atoms with van der Waals surface area (Å²) in [7, 11) is 0. The van der Waals surface area contributed by atoms with Crippen LogP contribution in [0.2, 0.25) is 0 Å². The maximum atomic E-state index is 10.9. The fourth-order valence-electron chi connectivity index (χ4n) is 1.65. The van der Waals surface area contributed by atoms with E-state index in [0.717, 1.165) is 0 Å². The van der Waals surface area contributed by atoms with Crippen LogP contribution in [0.5, 0.6) is 0 Å². The van der Waals surface area contributed by atoms with Gasteiger partial charge in [-0.25, -0.2) is 0 Å². The van der Waals surface area contributed by atoms with Gasteiger partial charge in [-0.3, -0.25) is 40.5 Å². The molecular weight excluding hydrogens is 292 g/mol. The first-order valence-corrected chi connectivity index (χ1v) is 4.96. The van der Waals surface area contributed by atoms with E-state index in [9.17, 15) is 40.5 Å². The minimum atomic E-state index is -3.23. The summed E-state index contributed by atoms with van der Waals surface area (Å²) in [5.74, 6) is 0. The summed E-state index contributed by atoms with van der Waals surface area (Å²) in [6, 6.07) is 0. The van der Waals surface area contributed by atoms with Crippen LogP contribution in [-0.4, -0.2) is 36.4 Å². The number of hydrogen-bond acceptors (Lipinski definition) is 8. The molecule has 0 saturated heterocycles. The molecule has 0 heterocycles. The highest BCUT2D eigenvalue weighted by atomic mass is 35.5. The normalized spacial score (nSPS) is 23.5. The Labute approximate surface area is 108 Å². The molecule has 0 radical (unpaired) electrons. The predicted octanol–water partition coefficient (Wildman–Crippen LogP) is 0.0531. The van der Waals surface area contributed by atoms with Crippen molar-refractivity contribution in [1.29, 1.82) is 0 Å². The molecule has 1 rings (SSSR count). The lowest BCUT2D eigenvalue weighted by molar-refractivity contribution is -0.840. The van der Waals surface area contributed by atoms with Crippen LogP contribution in [0.3, 0.4) is 0 Å². The lowest BCUT2D eigenvalue weighted by Gasteiger charge is -2.25. The Hall–Kier alpha value is -2.37. The third-order valence-electron chi connectivity index (χ3n) is 2.76. The topological polar surface area (TPSA) is 173 Å². The monoisotopic (exact) mass is 296 g/mol. The lowest BCUT2D eigenvalue weighted by atomic mass is 9.87. The molecule has 12 nitrogen and oxygen atoms in total. The van der Waals surface area contributed by atoms with E-state index >= 15 is 0 Å². The van der Waals surface area contributed by atoms with Crippen molar-refractivity contribution in [2.24, 2.45) is 0 Å². The van der Waals surface area contributed by atoms with Crippen molar-refractivity contribution in [2.75, 3.05) is 0 Å². The Bertz CT molecular complexity index is 475. The van der Waals surface area contributed by atoms with Gasteiger partial charge in [0, 0.05) is 0 Å². The first-order valence-electron chi connectivity index (χ1n) is 4.52. The Morgan fingerprint density at radius 3 is 1.68 bits per heavy atom. The molecule has 0 aromatic heterocycles. The highest BCUT2D eigenvalue weighted by Crippen LogP contribution is 2.38. The molecule has 0 bridgehead atoms. The number of halogens is 1. The van der Waals surface area contributed by atoms with Gasteiger partial charge in [0.2, 0.25) is 6.42 Å². The van der Waals surface area contributed by atoms with E-state index in [1.165, 1.54) is 0 Å². The third kappa shape index (κ3) is 1.85. The first-order chi connectivity index (χ1) is 8.61. The van der Waals surface area contributed by atoms with Crippen LogP contribution in [0.1, 0.15) is 6.42 Å². The molecule has 1 aliphatic rings. The smallest absolute Gasteiger partial charge is 0.258 e. The Morgan fingerprint density at radius 1 is 0.947 bits per heavy atom. The molecule has 0 spiro atoms. The van der Waals surface area contributed by atoms with Crippen LogP contribution in [0.25, 0.3) is 0 Å². The van der Waals surface area contributed by atoms with Crippen molar-refractivity contribution < 1.29 is 19.7 Å². The van der Waals surface area contributed by atoms with Gasteiger partial charge >= 0.3 is 11.3 Å². The molecule has 0 N–H and O–H groups in total.